The van der Waals surface area contributed by atoms with Crippen LogP contribution in [-0.4, -0.2) is 51.7 Å². The van der Waals surface area contributed by atoms with Crippen molar-refractivity contribution in [1.82, 2.24) is 14.9 Å². The molecule has 0 aromatic carbocycles. The number of hydrogen-bond donors (Lipinski definition) is 0. The topological polar surface area (TPSA) is 47.5 Å². The van der Waals surface area contributed by atoms with Gasteiger partial charge in [-0.25, -0.2) is 4.98 Å². The van der Waals surface area contributed by atoms with E-state index in [0.717, 1.165) is 54.6 Å². The molecule has 0 saturated carbocycles. The van der Waals surface area contributed by atoms with Gasteiger partial charge in [-0.2, -0.15) is 0 Å². The molecule has 1 atom stereocenters. The number of nitrogens with zero attached hydrogens (tertiary/aromatic N) is 3. The molecule has 4 rings (SSSR count). The quantitative estimate of drug-likeness (QED) is 0.778. The number of pyridine rings is 2. The maximum absolute atomic E-state index is 6.13. The summed E-state index contributed by atoms with van der Waals surface area (Å²) in [7, 11) is 1.68. The van der Waals surface area contributed by atoms with Crippen molar-refractivity contribution >= 4 is 11.8 Å². The predicted molar refractivity (Wildman–Crippen MR) is 103 cm³/mol. The molecule has 0 aliphatic carbocycles. The molecule has 0 bridgehead atoms. The Balaban J connectivity index is 1.26. The third-order valence-corrected chi connectivity index (χ3v) is 6.62. The summed E-state index contributed by atoms with van der Waals surface area (Å²) < 4.78 is 11.9. The third-order valence-electron chi connectivity index (χ3n) is 5.05. The van der Waals surface area contributed by atoms with E-state index in [1.54, 1.807) is 13.3 Å². The van der Waals surface area contributed by atoms with Gasteiger partial charge < -0.3 is 9.47 Å². The number of thioether (sulfide) groups is 1. The molecule has 6 heteroatoms. The molecule has 1 spiro atoms. The fraction of sp³-hybridized carbons (Fsp3) is 0.500. The maximum atomic E-state index is 6.13. The van der Waals surface area contributed by atoms with E-state index in [1.807, 2.05) is 31.2 Å². The van der Waals surface area contributed by atoms with Gasteiger partial charge in [-0.05, 0) is 31.5 Å². The van der Waals surface area contributed by atoms with Crippen LogP contribution in [0.3, 0.4) is 0 Å². The molecule has 2 saturated heterocycles. The van der Waals surface area contributed by atoms with Gasteiger partial charge in [0, 0.05) is 47.6 Å². The van der Waals surface area contributed by atoms with Crippen LogP contribution in [0.5, 0.6) is 5.88 Å². The van der Waals surface area contributed by atoms with Crippen LogP contribution in [0.4, 0.5) is 0 Å². The fourth-order valence-electron chi connectivity index (χ4n) is 3.86. The van der Waals surface area contributed by atoms with Crippen LogP contribution in [0.15, 0.2) is 36.5 Å². The fourth-order valence-corrected chi connectivity index (χ4v) is 5.47. The maximum Gasteiger partial charge on any atom is 0.217 e. The average molecular weight is 372 g/mol. The Labute approximate surface area is 159 Å². The highest BCUT2D eigenvalue weighted by molar-refractivity contribution is 8.01. The molecule has 5 nitrogen and oxygen atoms in total. The van der Waals surface area contributed by atoms with Gasteiger partial charge in [-0.15, -0.1) is 11.8 Å². The molecule has 0 N–H and O–H groups in total. The van der Waals surface area contributed by atoms with E-state index in [4.69, 9.17) is 9.47 Å². The van der Waals surface area contributed by atoms with Gasteiger partial charge in [0.05, 0.1) is 25.5 Å². The van der Waals surface area contributed by atoms with Gasteiger partial charge in [-0.3, -0.25) is 9.88 Å². The van der Waals surface area contributed by atoms with Gasteiger partial charge in [-0.1, -0.05) is 12.1 Å². The zero-order chi connectivity index (χ0) is 18.0. The summed E-state index contributed by atoms with van der Waals surface area (Å²) in [5, 5.41) is 0. The van der Waals surface area contributed by atoms with Crippen molar-refractivity contribution in [2.45, 2.75) is 37.3 Å². The first-order valence-electron chi connectivity index (χ1n) is 9.04. The first kappa shape index (κ1) is 17.8. The monoisotopic (exact) mass is 371 g/mol. The first-order valence-corrected chi connectivity index (χ1v) is 10.0. The van der Waals surface area contributed by atoms with E-state index >= 15 is 0 Å². The van der Waals surface area contributed by atoms with E-state index in [2.05, 4.69) is 32.7 Å². The number of aryl methyl sites for hydroxylation is 1. The Morgan fingerprint density at radius 3 is 2.96 bits per heavy atom. The smallest absolute Gasteiger partial charge is 0.217 e. The Bertz CT molecular complexity index is 764. The summed E-state index contributed by atoms with van der Waals surface area (Å²) in [6, 6.07) is 10.2. The third kappa shape index (κ3) is 3.87. The minimum Gasteiger partial charge on any atom is -0.481 e. The highest BCUT2D eigenvalue weighted by Crippen LogP contribution is 2.46. The van der Waals surface area contributed by atoms with Crippen LogP contribution in [0.1, 0.15) is 23.4 Å². The molecular formula is C20H25N3O2S. The molecule has 2 aliphatic rings. The molecule has 2 aromatic rings. The van der Waals surface area contributed by atoms with Gasteiger partial charge >= 0.3 is 0 Å². The lowest BCUT2D eigenvalue weighted by atomic mass is 9.92. The van der Waals surface area contributed by atoms with Gasteiger partial charge in [0.1, 0.15) is 0 Å². The molecule has 2 aromatic heterocycles. The lowest BCUT2D eigenvalue weighted by Gasteiger charge is -2.47. The lowest BCUT2D eigenvalue weighted by Crippen LogP contribution is -2.58. The van der Waals surface area contributed by atoms with Crippen molar-refractivity contribution in [1.29, 1.82) is 0 Å². The standard InChI is InChI=1S/C20H25N3O2S/c1-15-5-3-7-17(22-15)11-25-18-9-20(26-12-18)13-23(14-20)10-16-6-4-8-21-19(16)24-2/h3-8,18H,9-14H2,1-2H3. The van der Waals surface area contributed by atoms with Crippen molar-refractivity contribution in [3.63, 3.8) is 0 Å². The van der Waals surface area contributed by atoms with Crippen molar-refractivity contribution in [2.24, 2.45) is 0 Å². The average Bonchev–Trinajstić information content (AvgIpc) is 3.05. The summed E-state index contributed by atoms with van der Waals surface area (Å²) >= 11 is 2.07. The van der Waals surface area contributed by atoms with E-state index < -0.39 is 0 Å². The SMILES string of the molecule is COc1ncccc1CN1CC2(CC(OCc3cccc(C)n3)CS2)C1. The second kappa shape index (κ2) is 7.55. The molecule has 2 fully saturated rings. The Morgan fingerprint density at radius 1 is 1.27 bits per heavy atom. The van der Waals surface area contributed by atoms with E-state index in [-0.39, 0.29) is 0 Å². The van der Waals surface area contributed by atoms with Crippen LogP contribution < -0.4 is 4.74 Å². The number of rotatable bonds is 6. The second-order valence-electron chi connectivity index (χ2n) is 7.22. The molecular weight excluding hydrogens is 346 g/mol. The second-order valence-corrected chi connectivity index (χ2v) is 8.71. The number of methoxy groups -OCH3 is 1. The first-order chi connectivity index (χ1) is 12.7. The van der Waals surface area contributed by atoms with Gasteiger partial charge in [0.25, 0.3) is 0 Å². The lowest BCUT2D eigenvalue weighted by molar-refractivity contribution is 0.0249. The molecule has 0 radical (unpaired) electrons. The zero-order valence-electron chi connectivity index (χ0n) is 15.4. The van der Waals surface area contributed by atoms with E-state index in [0.29, 0.717) is 17.5 Å². The van der Waals surface area contributed by atoms with Crippen molar-refractivity contribution in [3.05, 3.63) is 53.5 Å². The summed E-state index contributed by atoms with van der Waals surface area (Å²) in [5.74, 6) is 1.81. The van der Waals surface area contributed by atoms with Gasteiger partial charge in [0.15, 0.2) is 0 Å². The van der Waals surface area contributed by atoms with Crippen LogP contribution in [-0.2, 0) is 17.9 Å². The molecule has 0 amide bonds. The zero-order valence-corrected chi connectivity index (χ0v) is 16.2. The van der Waals surface area contributed by atoms with Crippen molar-refractivity contribution in [3.8, 4) is 5.88 Å². The molecule has 4 heterocycles. The van der Waals surface area contributed by atoms with E-state index in [1.165, 1.54) is 0 Å². The minimum absolute atomic E-state index is 0.331. The number of hydrogen-bond acceptors (Lipinski definition) is 6. The molecule has 2 aliphatic heterocycles. The Hall–Kier alpha value is -1.63. The van der Waals surface area contributed by atoms with Crippen molar-refractivity contribution in [2.75, 3.05) is 26.0 Å². The molecule has 26 heavy (non-hydrogen) atoms. The largest absolute Gasteiger partial charge is 0.481 e. The molecule has 138 valence electrons. The van der Waals surface area contributed by atoms with E-state index in [9.17, 15) is 0 Å². The summed E-state index contributed by atoms with van der Waals surface area (Å²) in [6.07, 6.45) is 3.24. The predicted octanol–water partition coefficient (Wildman–Crippen LogP) is 3.07. The minimum atomic E-state index is 0.331. The Morgan fingerprint density at radius 2 is 2.15 bits per heavy atom. The molecule has 1 unspecified atom stereocenters. The highest BCUT2D eigenvalue weighted by Gasteiger charge is 2.49. The summed E-state index contributed by atoms with van der Waals surface area (Å²) in [4.78, 5) is 11.3. The number of aromatic nitrogens is 2. The number of ether oxygens (including phenoxy) is 2. The number of likely N-dealkylation sites (tertiary alicyclic amines) is 1. The summed E-state index contributed by atoms with van der Waals surface area (Å²) in [5.41, 5.74) is 3.23. The van der Waals surface area contributed by atoms with Crippen LogP contribution in [0.25, 0.3) is 0 Å². The van der Waals surface area contributed by atoms with Crippen LogP contribution >= 0.6 is 11.8 Å². The Kier molecular flexibility index (Phi) is 5.16. The van der Waals surface area contributed by atoms with Crippen molar-refractivity contribution < 1.29 is 9.47 Å². The van der Waals surface area contributed by atoms with Crippen LogP contribution in [0, 0.1) is 6.92 Å². The summed E-state index contributed by atoms with van der Waals surface area (Å²) in [6.45, 7) is 5.75. The van der Waals surface area contributed by atoms with Crippen LogP contribution in [0.2, 0.25) is 0 Å². The normalized spacial score (nSPS) is 21.7. The highest BCUT2D eigenvalue weighted by atomic mass is 32.2. The van der Waals surface area contributed by atoms with Gasteiger partial charge in [0.2, 0.25) is 5.88 Å².